The van der Waals surface area contributed by atoms with Crippen molar-refractivity contribution in [3.63, 3.8) is 0 Å². The van der Waals surface area contributed by atoms with Gasteiger partial charge in [-0.15, -0.1) is 0 Å². The number of aromatic nitrogens is 1. The Balaban J connectivity index is 1.21. The highest BCUT2D eigenvalue weighted by Gasteiger charge is 2.60. The summed E-state index contributed by atoms with van der Waals surface area (Å²) < 4.78 is 0. The van der Waals surface area contributed by atoms with E-state index >= 15 is 0 Å². The van der Waals surface area contributed by atoms with E-state index in [0.29, 0.717) is 0 Å². The Morgan fingerprint density at radius 1 is 0.443 bits per heavy atom. The first-order chi connectivity index (χ1) is 30.2. The number of hydrogen-bond donors (Lipinski definition) is 0. The van der Waals surface area contributed by atoms with Gasteiger partial charge in [0, 0.05) is 11.1 Å². The summed E-state index contributed by atoms with van der Waals surface area (Å²) in [5.74, 6) is 0. The van der Waals surface area contributed by atoms with Crippen LogP contribution >= 0.6 is 0 Å². The van der Waals surface area contributed by atoms with Crippen molar-refractivity contribution in [3.05, 3.63) is 255 Å². The molecule has 0 radical (unpaired) electrons. The largest absolute Gasteiger partial charge is 0.247 e. The van der Waals surface area contributed by atoms with E-state index in [4.69, 9.17) is 4.98 Å². The van der Waals surface area contributed by atoms with Crippen molar-refractivity contribution >= 4 is 11.6 Å². The SMILES string of the molecule is Cc1c(-c2cccc3c2C2(c4ccccc4-c4ccccc42)c2ccccc2[C@@]32C3=C(C=CCC3)c3ccccc32)cc(-c2ccc3c(c2)CCC=C3)nc1-c1ccccc1. The van der Waals surface area contributed by atoms with Crippen molar-refractivity contribution in [3.8, 4) is 44.8 Å². The predicted molar refractivity (Wildman–Crippen MR) is 252 cm³/mol. The Hall–Kier alpha value is -7.09. The molecule has 0 saturated carbocycles. The van der Waals surface area contributed by atoms with Crippen LogP contribution in [0.4, 0.5) is 0 Å². The molecule has 1 atom stereocenters. The molecule has 13 rings (SSSR count). The summed E-state index contributed by atoms with van der Waals surface area (Å²) in [5, 5.41) is 0. The number of fused-ring (bicyclic) bond motifs is 16. The molecule has 0 unspecified atom stereocenters. The van der Waals surface area contributed by atoms with Crippen LogP contribution in [0.1, 0.15) is 80.5 Å². The van der Waals surface area contributed by atoms with Crippen molar-refractivity contribution in [1.29, 1.82) is 0 Å². The quantitative estimate of drug-likeness (QED) is 0.174. The zero-order valence-electron chi connectivity index (χ0n) is 34.3. The molecule has 1 nitrogen and oxygen atoms in total. The van der Waals surface area contributed by atoms with E-state index in [-0.39, 0.29) is 0 Å². The summed E-state index contributed by atoms with van der Waals surface area (Å²) in [6, 6.07) is 64.8. The Kier molecular flexibility index (Phi) is 7.38. The van der Waals surface area contributed by atoms with E-state index in [2.05, 4.69) is 201 Å². The van der Waals surface area contributed by atoms with Gasteiger partial charge in [0.2, 0.25) is 0 Å². The maximum Gasteiger partial charge on any atom is 0.0744 e. The molecule has 5 aliphatic carbocycles. The molecule has 288 valence electrons. The van der Waals surface area contributed by atoms with Crippen molar-refractivity contribution in [1.82, 2.24) is 4.98 Å². The van der Waals surface area contributed by atoms with Crippen LogP contribution in [0.15, 0.2) is 194 Å². The average molecular weight is 778 g/mol. The zero-order valence-corrected chi connectivity index (χ0v) is 34.3. The zero-order chi connectivity index (χ0) is 40.3. The monoisotopic (exact) mass is 777 g/mol. The van der Waals surface area contributed by atoms with E-state index < -0.39 is 10.8 Å². The van der Waals surface area contributed by atoms with Crippen molar-refractivity contribution < 1.29 is 0 Å². The van der Waals surface area contributed by atoms with Gasteiger partial charge < -0.3 is 0 Å². The third-order valence-electron chi connectivity index (χ3n) is 14.7. The summed E-state index contributed by atoms with van der Waals surface area (Å²) in [4.78, 5) is 5.58. The number of benzene rings is 7. The van der Waals surface area contributed by atoms with E-state index in [9.17, 15) is 0 Å². The molecule has 61 heavy (non-hydrogen) atoms. The first-order valence-electron chi connectivity index (χ1n) is 22.0. The van der Waals surface area contributed by atoms with E-state index in [0.717, 1.165) is 42.6 Å². The van der Waals surface area contributed by atoms with E-state index in [1.54, 1.807) is 0 Å². The third-order valence-corrected chi connectivity index (χ3v) is 14.7. The fourth-order valence-corrected chi connectivity index (χ4v) is 12.3. The summed E-state index contributed by atoms with van der Waals surface area (Å²) in [6.45, 7) is 2.30. The van der Waals surface area contributed by atoms with Crippen LogP contribution in [0.25, 0.3) is 56.4 Å². The molecule has 7 aromatic carbocycles. The van der Waals surface area contributed by atoms with Gasteiger partial charge in [-0.3, -0.25) is 0 Å². The van der Waals surface area contributed by atoms with Gasteiger partial charge in [0.05, 0.1) is 22.2 Å². The molecule has 5 aliphatic rings. The summed E-state index contributed by atoms with van der Waals surface area (Å²) in [7, 11) is 0. The topological polar surface area (TPSA) is 12.9 Å². The van der Waals surface area contributed by atoms with Gasteiger partial charge in [-0.2, -0.15) is 0 Å². The molecule has 0 fully saturated rings. The van der Waals surface area contributed by atoms with Crippen LogP contribution in [-0.4, -0.2) is 4.98 Å². The lowest BCUT2D eigenvalue weighted by Gasteiger charge is -2.50. The summed E-state index contributed by atoms with van der Waals surface area (Å²) in [5.41, 5.74) is 26.3. The maximum absolute atomic E-state index is 5.58. The fraction of sp³-hybridized carbons (Fsp3) is 0.117. The van der Waals surface area contributed by atoms with Gasteiger partial charge in [-0.05, 0) is 139 Å². The fourth-order valence-electron chi connectivity index (χ4n) is 12.3. The lowest BCUT2D eigenvalue weighted by molar-refractivity contribution is 0.607. The standard InChI is InChI=1S/C60H43N/c1-38-48(37-56(61-58(38)40-19-3-2-4-20-40)42-35-34-39-18-5-6-21-41(39)36-42)47-26-17-33-55-57(47)60(51-29-13-9-24-45(51)46-25-10-14-30-52(46)60)54-32-16-15-31-53(54)59(55)49-27-11-7-22-43(49)44-23-8-12-28-50(44)59/h2-5,7-11,13-20,22-27,29-37H,6,12,21,28H2,1H3/t59-/m1/s1. The molecule has 0 aliphatic heterocycles. The van der Waals surface area contributed by atoms with Crippen molar-refractivity contribution in [2.45, 2.75) is 43.4 Å². The number of hydrogen-bond acceptors (Lipinski definition) is 1. The molecular weight excluding hydrogens is 735 g/mol. The molecule has 8 aromatic rings. The van der Waals surface area contributed by atoms with Gasteiger partial charge in [0.15, 0.2) is 0 Å². The van der Waals surface area contributed by atoms with Crippen LogP contribution in [0.3, 0.4) is 0 Å². The third kappa shape index (κ3) is 4.53. The van der Waals surface area contributed by atoms with E-state index in [1.165, 1.54) is 100 Å². The summed E-state index contributed by atoms with van der Waals surface area (Å²) in [6.07, 6.45) is 13.5. The number of allylic oxidation sites excluding steroid dienone is 5. The van der Waals surface area contributed by atoms with Crippen LogP contribution in [0.2, 0.25) is 0 Å². The van der Waals surface area contributed by atoms with Gasteiger partial charge in [0.1, 0.15) is 0 Å². The molecular formula is C60H43N. The van der Waals surface area contributed by atoms with Crippen LogP contribution in [-0.2, 0) is 17.3 Å². The molecule has 0 saturated heterocycles. The number of aryl methyl sites for hydroxylation is 1. The van der Waals surface area contributed by atoms with Gasteiger partial charge in [0.25, 0.3) is 0 Å². The van der Waals surface area contributed by atoms with Crippen molar-refractivity contribution in [2.24, 2.45) is 0 Å². The molecule has 0 bridgehead atoms. The Morgan fingerprint density at radius 2 is 1.03 bits per heavy atom. The summed E-state index contributed by atoms with van der Waals surface area (Å²) >= 11 is 0. The Bertz CT molecular complexity index is 3220. The highest BCUT2D eigenvalue weighted by molar-refractivity contribution is 5.98. The van der Waals surface area contributed by atoms with Crippen LogP contribution in [0.5, 0.6) is 0 Å². The minimum absolute atomic E-state index is 0.464. The number of nitrogens with zero attached hydrogens (tertiary/aromatic N) is 1. The van der Waals surface area contributed by atoms with Crippen LogP contribution in [0, 0.1) is 6.92 Å². The average Bonchev–Trinajstić information content (AvgIpc) is 3.79. The normalized spacial score (nSPS) is 18.0. The van der Waals surface area contributed by atoms with Gasteiger partial charge in [-0.1, -0.05) is 182 Å². The molecule has 0 N–H and O–H groups in total. The number of rotatable bonds is 3. The first-order valence-corrected chi connectivity index (χ1v) is 22.0. The molecule has 1 aromatic heterocycles. The first kappa shape index (κ1) is 34.7. The Labute approximate surface area is 358 Å². The molecule has 2 spiro atoms. The smallest absolute Gasteiger partial charge is 0.0744 e. The van der Waals surface area contributed by atoms with Crippen LogP contribution < -0.4 is 0 Å². The van der Waals surface area contributed by atoms with Gasteiger partial charge in [-0.25, -0.2) is 4.98 Å². The minimum atomic E-state index is -0.579. The molecule has 1 heteroatoms. The predicted octanol–water partition coefficient (Wildman–Crippen LogP) is 14.5. The lowest BCUT2D eigenvalue weighted by Crippen LogP contribution is -2.44. The highest BCUT2D eigenvalue weighted by atomic mass is 14.7. The minimum Gasteiger partial charge on any atom is -0.247 e. The number of pyridine rings is 1. The highest BCUT2D eigenvalue weighted by Crippen LogP contribution is 2.69. The second-order valence-electron chi connectivity index (χ2n) is 17.5. The van der Waals surface area contributed by atoms with Crippen molar-refractivity contribution in [2.75, 3.05) is 0 Å². The Morgan fingerprint density at radius 3 is 1.79 bits per heavy atom. The van der Waals surface area contributed by atoms with E-state index in [1.807, 2.05) is 0 Å². The van der Waals surface area contributed by atoms with Gasteiger partial charge >= 0.3 is 0 Å². The second kappa shape index (κ2) is 13.0. The lowest BCUT2D eigenvalue weighted by atomic mass is 9.50. The maximum atomic E-state index is 5.58. The molecule has 1 heterocycles. The molecule has 0 amide bonds. The second-order valence-corrected chi connectivity index (χ2v) is 17.5.